The highest BCUT2D eigenvalue weighted by atomic mass is 127. The second-order valence-electron chi connectivity index (χ2n) is 4.16. The van der Waals surface area contributed by atoms with Gasteiger partial charge in [0, 0.05) is 3.57 Å². The van der Waals surface area contributed by atoms with Crippen LogP contribution in [0, 0.1) is 3.57 Å². The van der Waals surface area contributed by atoms with Crippen molar-refractivity contribution in [2.24, 2.45) is 0 Å². The van der Waals surface area contributed by atoms with Crippen molar-refractivity contribution < 1.29 is 15.0 Å². The minimum atomic E-state index is -0.704. The summed E-state index contributed by atoms with van der Waals surface area (Å²) in [5.41, 5.74) is -0.487. The Morgan fingerprint density at radius 3 is 2.69 bits per heavy atom. The van der Waals surface area contributed by atoms with Gasteiger partial charge in [-0.1, -0.05) is 0 Å². The van der Waals surface area contributed by atoms with Gasteiger partial charge in [-0.25, -0.2) is 0 Å². The molecule has 3 N–H and O–H groups in total. The zero-order valence-electron chi connectivity index (χ0n) is 9.12. The van der Waals surface area contributed by atoms with Crippen LogP contribution in [0.15, 0.2) is 18.2 Å². The van der Waals surface area contributed by atoms with Crippen molar-refractivity contribution in [1.82, 2.24) is 5.32 Å². The van der Waals surface area contributed by atoms with E-state index in [0.29, 0.717) is 0 Å². The molecule has 1 amide bonds. The maximum atomic E-state index is 11.8. The van der Waals surface area contributed by atoms with Gasteiger partial charge in [0.25, 0.3) is 5.91 Å². The summed E-state index contributed by atoms with van der Waals surface area (Å²) in [5.74, 6) is -0.457. The number of nitrogens with one attached hydrogen (secondary N) is 1. The zero-order chi connectivity index (χ0) is 12.3. The number of hydrogen-bond acceptors (Lipinski definition) is 3. The van der Waals surface area contributed by atoms with Gasteiger partial charge in [0.05, 0.1) is 17.7 Å². The second kappa shape index (κ2) is 5.01. The number of aliphatic hydroxyl groups is 1. The molecule has 0 aliphatic rings. The highest BCUT2D eigenvalue weighted by Gasteiger charge is 2.21. The molecule has 0 bridgehead atoms. The Labute approximate surface area is 108 Å². The molecule has 4 nitrogen and oxygen atoms in total. The summed E-state index contributed by atoms with van der Waals surface area (Å²) < 4.78 is 0.863. The van der Waals surface area contributed by atoms with Crippen LogP contribution in [0.1, 0.15) is 24.2 Å². The van der Waals surface area contributed by atoms with Gasteiger partial charge in [-0.2, -0.15) is 0 Å². The first-order valence-corrected chi connectivity index (χ1v) is 5.85. The first-order chi connectivity index (χ1) is 7.35. The van der Waals surface area contributed by atoms with Crippen molar-refractivity contribution in [2.75, 3.05) is 6.61 Å². The Hall–Kier alpha value is -0.820. The topological polar surface area (TPSA) is 69.6 Å². The highest BCUT2D eigenvalue weighted by molar-refractivity contribution is 14.1. The number of phenolic OH excluding ortho intramolecular Hbond substituents is 1. The molecule has 0 aliphatic heterocycles. The predicted octanol–water partition coefficient (Wildman–Crippen LogP) is 1.50. The summed E-state index contributed by atoms with van der Waals surface area (Å²) in [5, 5.41) is 21.2. The number of carbonyl (C=O) groups excluding carboxylic acids is 1. The third-order valence-corrected chi connectivity index (χ3v) is 2.72. The molecule has 0 fully saturated rings. The maximum Gasteiger partial charge on any atom is 0.255 e. The van der Waals surface area contributed by atoms with Gasteiger partial charge in [-0.15, -0.1) is 0 Å². The van der Waals surface area contributed by atoms with Crippen molar-refractivity contribution >= 4 is 28.5 Å². The van der Waals surface area contributed by atoms with Crippen LogP contribution < -0.4 is 5.32 Å². The van der Waals surface area contributed by atoms with E-state index in [9.17, 15) is 9.90 Å². The van der Waals surface area contributed by atoms with Crippen LogP contribution in [0.25, 0.3) is 0 Å². The molecular weight excluding hydrogens is 321 g/mol. The van der Waals surface area contributed by atoms with E-state index in [-0.39, 0.29) is 17.9 Å². The normalized spacial score (nSPS) is 11.2. The largest absolute Gasteiger partial charge is 0.507 e. The molecule has 1 aromatic carbocycles. The number of phenols is 1. The molecule has 0 unspecified atom stereocenters. The molecule has 0 aromatic heterocycles. The van der Waals surface area contributed by atoms with E-state index in [4.69, 9.17) is 5.11 Å². The standard InChI is InChI=1S/C11H14INO3/c1-11(2,6-14)13-10(16)8-5-7(12)3-4-9(8)15/h3-5,14-15H,6H2,1-2H3,(H,13,16). The molecule has 5 heteroatoms. The molecule has 0 spiro atoms. The number of amides is 1. The fourth-order valence-electron chi connectivity index (χ4n) is 1.10. The summed E-state index contributed by atoms with van der Waals surface area (Å²) in [7, 11) is 0. The number of aromatic hydroxyl groups is 1. The Morgan fingerprint density at radius 2 is 2.12 bits per heavy atom. The van der Waals surface area contributed by atoms with Crippen molar-refractivity contribution in [3.05, 3.63) is 27.3 Å². The molecule has 0 aliphatic carbocycles. The molecule has 0 atom stereocenters. The molecule has 0 radical (unpaired) electrons. The quantitative estimate of drug-likeness (QED) is 0.733. The minimum Gasteiger partial charge on any atom is -0.507 e. The molecule has 88 valence electrons. The van der Waals surface area contributed by atoms with Crippen LogP contribution in [0.3, 0.4) is 0 Å². The highest BCUT2D eigenvalue weighted by Crippen LogP contribution is 2.20. The van der Waals surface area contributed by atoms with Crippen LogP contribution in [0.4, 0.5) is 0 Å². The van der Waals surface area contributed by atoms with E-state index in [1.54, 1.807) is 26.0 Å². The lowest BCUT2D eigenvalue weighted by atomic mass is 10.1. The lowest BCUT2D eigenvalue weighted by molar-refractivity contribution is 0.0866. The Kier molecular flexibility index (Phi) is 4.15. The fourth-order valence-corrected chi connectivity index (χ4v) is 1.60. The molecule has 0 saturated carbocycles. The van der Waals surface area contributed by atoms with Gasteiger partial charge >= 0.3 is 0 Å². The lowest BCUT2D eigenvalue weighted by Crippen LogP contribution is -2.46. The van der Waals surface area contributed by atoms with Gasteiger partial charge in [0.2, 0.25) is 0 Å². The van der Waals surface area contributed by atoms with Crippen molar-refractivity contribution in [2.45, 2.75) is 19.4 Å². The molecule has 0 heterocycles. The maximum absolute atomic E-state index is 11.8. The van der Waals surface area contributed by atoms with Crippen molar-refractivity contribution in [3.63, 3.8) is 0 Å². The second-order valence-corrected chi connectivity index (χ2v) is 5.40. The summed E-state index contributed by atoms with van der Waals surface area (Å²) in [4.78, 5) is 11.8. The molecule has 1 aromatic rings. The molecule has 0 saturated heterocycles. The van der Waals surface area contributed by atoms with Crippen LogP contribution >= 0.6 is 22.6 Å². The average Bonchev–Trinajstić information content (AvgIpc) is 2.21. The van der Waals surface area contributed by atoms with Gasteiger partial charge in [-0.3, -0.25) is 4.79 Å². The Bertz CT molecular complexity index is 404. The first kappa shape index (κ1) is 13.2. The van der Waals surface area contributed by atoms with Gasteiger partial charge in [-0.05, 0) is 54.6 Å². The molecule has 1 rings (SSSR count). The van der Waals surface area contributed by atoms with E-state index in [2.05, 4.69) is 27.9 Å². The number of benzene rings is 1. The van der Waals surface area contributed by atoms with Gasteiger partial charge in [0.15, 0.2) is 0 Å². The summed E-state index contributed by atoms with van der Waals surface area (Å²) in [6.45, 7) is 3.25. The number of aliphatic hydroxyl groups excluding tert-OH is 1. The smallest absolute Gasteiger partial charge is 0.255 e. The van der Waals surface area contributed by atoms with Crippen molar-refractivity contribution in [3.8, 4) is 5.75 Å². The SMILES string of the molecule is CC(C)(CO)NC(=O)c1cc(I)ccc1O. The first-order valence-electron chi connectivity index (χ1n) is 4.77. The van der Waals surface area contributed by atoms with E-state index < -0.39 is 11.4 Å². The number of rotatable bonds is 3. The van der Waals surface area contributed by atoms with E-state index in [1.165, 1.54) is 6.07 Å². The molecule has 16 heavy (non-hydrogen) atoms. The zero-order valence-corrected chi connectivity index (χ0v) is 11.3. The van der Waals surface area contributed by atoms with Crippen LogP contribution in [0.5, 0.6) is 5.75 Å². The lowest BCUT2D eigenvalue weighted by Gasteiger charge is -2.23. The minimum absolute atomic E-state index is 0.0633. The average molecular weight is 335 g/mol. The van der Waals surface area contributed by atoms with Gasteiger partial charge in [0.1, 0.15) is 5.75 Å². The van der Waals surface area contributed by atoms with Crippen LogP contribution in [-0.4, -0.2) is 28.3 Å². The number of hydrogen-bond donors (Lipinski definition) is 3. The Morgan fingerprint density at radius 1 is 1.50 bits per heavy atom. The van der Waals surface area contributed by atoms with E-state index in [0.717, 1.165) is 3.57 Å². The third kappa shape index (κ3) is 3.34. The summed E-state index contributed by atoms with van der Waals surface area (Å²) in [6, 6.07) is 4.78. The van der Waals surface area contributed by atoms with E-state index in [1.807, 2.05) is 0 Å². The summed E-state index contributed by atoms with van der Waals surface area (Å²) in [6.07, 6.45) is 0. The van der Waals surface area contributed by atoms with Crippen LogP contribution in [0.2, 0.25) is 0 Å². The molecular formula is C11H14INO3. The monoisotopic (exact) mass is 335 g/mol. The van der Waals surface area contributed by atoms with Crippen LogP contribution in [-0.2, 0) is 0 Å². The fraction of sp³-hybridized carbons (Fsp3) is 0.364. The number of carbonyl (C=O) groups is 1. The summed E-state index contributed by atoms with van der Waals surface area (Å²) >= 11 is 2.06. The third-order valence-electron chi connectivity index (χ3n) is 2.05. The van der Waals surface area contributed by atoms with Crippen molar-refractivity contribution in [1.29, 1.82) is 0 Å². The number of halogens is 1. The van der Waals surface area contributed by atoms with Gasteiger partial charge < -0.3 is 15.5 Å². The van der Waals surface area contributed by atoms with E-state index >= 15 is 0 Å². The predicted molar refractivity (Wildman–Crippen MR) is 69.5 cm³/mol. The Balaban J connectivity index is 2.93.